The molecule has 2 aromatic rings. The van der Waals surface area contributed by atoms with Gasteiger partial charge in [-0.05, 0) is 0 Å². The van der Waals surface area contributed by atoms with Crippen LogP contribution in [0.25, 0.3) is 0 Å². The maximum Gasteiger partial charge on any atom is -0.172 e. The summed E-state index contributed by atoms with van der Waals surface area (Å²) in [6.07, 6.45) is 0. The molecule has 0 bridgehead atoms. The fraction of sp³-hybridized carbons (Fsp3) is 0. The molecule has 0 atom stereocenters. The molecule has 0 aliphatic carbocycles. The van der Waals surface area contributed by atoms with Crippen molar-refractivity contribution in [3.63, 3.8) is 0 Å². The Kier molecular flexibility index (Phi) is 7.04. The number of rotatable bonds is 0. The van der Waals surface area contributed by atoms with Crippen molar-refractivity contribution in [2.24, 2.45) is 0 Å². The summed E-state index contributed by atoms with van der Waals surface area (Å²) in [5.74, 6) is 0. The van der Waals surface area contributed by atoms with E-state index < -0.39 is 0 Å². The maximum absolute atomic E-state index is 2.00. The van der Waals surface area contributed by atoms with Gasteiger partial charge in [0.05, 0.1) is 0 Å². The summed E-state index contributed by atoms with van der Waals surface area (Å²) in [6, 6.07) is 20.0. The molecule has 0 saturated heterocycles. The molecular formula is C10H11Re-6. The zero-order valence-corrected chi connectivity index (χ0v) is 9.12. The van der Waals surface area contributed by atoms with Crippen LogP contribution in [0.1, 0.15) is 0 Å². The first-order valence-electron chi connectivity index (χ1n) is 3.33. The van der Waals surface area contributed by atoms with Gasteiger partial charge in [0.2, 0.25) is 0 Å². The molecule has 11 heavy (non-hydrogen) atoms. The van der Waals surface area contributed by atoms with Crippen LogP contribution in [0.15, 0.2) is 60.7 Å². The third-order valence-corrected chi connectivity index (χ3v) is 1.11. The standard InChI is InChI=1S/2C5H5.Re.H/c2*1-2-4-5-3-1;;/h2*1-5H;;/q-5;-1;;. The quantitative estimate of drug-likeness (QED) is 0.655. The Bertz CT molecular complexity index is 144. The van der Waals surface area contributed by atoms with Crippen LogP contribution in [0.2, 0.25) is 0 Å². The fourth-order valence-corrected chi connectivity index (χ4v) is 0.642. The molecule has 0 heterocycles. The molecule has 0 unspecified atom stereocenters. The van der Waals surface area contributed by atoms with E-state index in [4.69, 9.17) is 0 Å². The fourth-order valence-electron chi connectivity index (χ4n) is 0.642. The second kappa shape index (κ2) is 7.47. The normalized spacial score (nSPS) is 7.27. The minimum Gasteiger partial charge on any atom is -0.748 e. The van der Waals surface area contributed by atoms with E-state index in [1.165, 1.54) is 0 Å². The van der Waals surface area contributed by atoms with Crippen molar-refractivity contribution in [3.8, 4) is 0 Å². The molecular weight excluding hydrogens is 306 g/mol. The van der Waals surface area contributed by atoms with Gasteiger partial charge in [-0.2, -0.15) is 18.2 Å². The minimum absolute atomic E-state index is 0. The third-order valence-electron chi connectivity index (χ3n) is 1.11. The van der Waals surface area contributed by atoms with E-state index in [2.05, 4.69) is 0 Å². The smallest absolute Gasteiger partial charge is 0.172 e. The van der Waals surface area contributed by atoms with Crippen molar-refractivity contribution in [2.75, 3.05) is 0 Å². The monoisotopic (exact) mass is 318 g/mol. The first-order valence-corrected chi connectivity index (χ1v) is 3.33. The average molecular weight is 317 g/mol. The Morgan fingerprint density at radius 1 is 0.636 bits per heavy atom. The molecule has 0 fully saturated rings. The second-order valence-corrected chi connectivity index (χ2v) is 1.92. The van der Waals surface area contributed by atoms with Crippen molar-refractivity contribution in [3.05, 3.63) is 60.7 Å². The summed E-state index contributed by atoms with van der Waals surface area (Å²) >= 11 is 0. The van der Waals surface area contributed by atoms with E-state index in [9.17, 15) is 0 Å². The van der Waals surface area contributed by atoms with Crippen molar-refractivity contribution in [1.29, 1.82) is 0 Å². The molecule has 0 saturated carbocycles. The largest absolute Gasteiger partial charge is 0.748 e. The molecule has 2 rings (SSSR count). The van der Waals surface area contributed by atoms with Gasteiger partial charge >= 0.3 is 20.4 Å². The Labute approximate surface area is 81.3 Å². The van der Waals surface area contributed by atoms with Crippen LogP contribution in [-0.2, 0) is 20.4 Å². The predicted molar refractivity (Wildman–Crippen MR) is 45.5 cm³/mol. The van der Waals surface area contributed by atoms with Gasteiger partial charge in [0, 0.05) is 0 Å². The van der Waals surface area contributed by atoms with Crippen molar-refractivity contribution >= 4 is 0 Å². The summed E-state index contributed by atoms with van der Waals surface area (Å²) in [7, 11) is 0. The summed E-state index contributed by atoms with van der Waals surface area (Å²) in [5, 5.41) is 0. The molecule has 2 aromatic carbocycles. The number of hydrogen-bond donors (Lipinski definition) is 0. The Hall–Kier alpha value is -0.638. The molecule has 0 amide bonds. The van der Waals surface area contributed by atoms with Crippen LogP contribution in [0.3, 0.4) is 0 Å². The van der Waals surface area contributed by atoms with Crippen molar-refractivity contribution < 1.29 is 20.4 Å². The van der Waals surface area contributed by atoms with Crippen molar-refractivity contribution in [1.82, 2.24) is 0 Å². The van der Waals surface area contributed by atoms with Gasteiger partial charge in [-0.15, -0.1) is 0 Å². The summed E-state index contributed by atoms with van der Waals surface area (Å²) in [6.45, 7) is 0. The van der Waals surface area contributed by atoms with Gasteiger partial charge in [-0.1, -0.05) is 0 Å². The third kappa shape index (κ3) is 5.79. The van der Waals surface area contributed by atoms with Crippen LogP contribution in [0.5, 0.6) is 0 Å². The van der Waals surface area contributed by atoms with Crippen LogP contribution in [0.4, 0.5) is 0 Å². The van der Waals surface area contributed by atoms with Gasteiger partial charge in [-0.3, -0.25) is 0 Å². The average Bonchev–Trinajstić information content (AvgIpc) is 2.67. The maximum atomic E-state index is 2.00. The van der Waals surface area contributed by atoms with Gasteiger partial charge in [0.15, 0.2) is 0 Å². The summed E-state index contributed by atoms with van der Waals surface area (Å²) in [5.41, 5.74) is 0. The van der Waals surface area contributed by atoms with Crippen LogP contribution in [-0.4, -0.2) is 0 Å². The molecule has 64 valence electrons. The molecule has 0 spiro atoms. The van der Waals surface area contributed by atoms with E-state index in [-0.39, 0.29) is 20.4 Å². The van der Waals surface area contributed by atoms with Crippen LogP contribution < -0.4 is 0 Å². The van der Waals surface area contributed by atoms with E-state index >= 15 is 0 Å². The SMILES string of the molecule is [ReH].[cH-]1[cH-][cH-][cH-][cH-]1.c1cc[cH-]c1. The summed E-state index contributed by atoms with van der Waals surface area (Å²) in [4.78, 5) is 0. The zero-order valence-electron chi connectivity index (χ0n) is 6.18. The van der Waals surface area contributed by atoms with Crippen molar-refractivity contribution in [2.45, 2.75) is 0 Å². The first kappa shape index (κ1) is 10.4. The Balaban J connectivity index is 0.000000167. The van der Waals surface area contributed by atoms with Crippen LogP contribution in [0, 0.1) is 0 Å². The van der Waals surface area contributed by atoms with E-state index in [1.807, 2.05) is 60.7 Å². The topological polar surface area (TPSA) is 0 Å². The number of hydrogen-bond acceptors (Lipinski definition) is 0. The Morgan fingerprint density at radius 3 is 1.18 bits per heavy atom. The molecule has 1 radical (unpaired) electrons. The van der Waals surface area contributed by atoms with E-state index in [1.54, 1.807) is 0 Å². The zero-order chi connectivity index (χ0) is 7.07. The van der Waals surface area contributed by atoms with Gasteiger partial charge < -0.3 is 30.3 Å². The van der Waals surface area contributed by atoms with Gasteiger partial charge in [0.1, 0.15) is 0 Å². The molecule has 1 heteroatoms. The van der Waals surface area contributed by atoms with Gasteiger partial charge in [-0.25, -0.2) is 12.1 Å². The van der Waals surface area contributed by atoms with Crippen LogP contribution >= 0.6 is 0 Å². The second-order valence-electron chi connectivity index (χ2n) is 1.92. The van der Waals surface area contributed by atoms with E-state index in [0.717, 1.165) is 0 Å². The minimum atomic E-state index is 0. The molecule has 0 aliphatic rings. The Morgan fingerprint density at radius 2 is 1.00 bits per heavy atom. The predicted octanol–water partition coefficient (Wildman–Crippen LogP) is 2.54. The molecule has 0 nitrogen and oxygen atoms in total. The first-order chi connectivity index (χ1) is 5.00. The van der Waals surface area contributed by atoms with E-state index in [0.29, 0.717) is 0 Å². The molecule has 0 aromatic heterocycles. The summed E-state index contributed by atoms with van der Waals surface area (Å²) < 4.78 is 0. The van der Waals surface area contributed by atoms with Gasteiger partial charge in [0.25, 0.3) is 0 Å². The molecule has 0 N–H and O–H groups in total. The molecule has 0 aliphatic heterocycles.